The van der Waals surface area contributed by atoms with Crippen LogP contribution in [0.1, 0.15) is 5.56 Å². The van der Waals surface area contributed by atoms with Gasteiger partial charge in [-0.05, 0) is 12.1 Å². The molecule has 1 N–H and O–H groups in total. The van der Waals surface area contributed by atoms with Gasteiger partial charge in [-0.2, -0.15) is 10.1 Å². The van der Waals surface area contributed by atoms with Crippen molar-refractivity contribution in [3.05, 3.63) is 27.7 Å². The van der Waals surface area contributed by atoms with E-state index in [9.17, 15) is 9.90 Å². The van der Waals surface area contributed by atoms with E-state index in [2.05, 4.69) is 5.10 Å². The summed E-state index contributed by atoms with van der Waals surface area (Å²) in [6.07, 6.45) is 1.29. The molecule has 94 valence electrons. The van der Waals surface area contributed by atoms with Gasteiger partial charge in [0.25, 0.3) is 5.91 Å². The molecule has 0 aliphatic carbocycles. The van der Waals surface area contributed by atoms with Crippen LogP contribution in [0.5, 0.6) is 5.75 Å². The molecule has 2 rings (SSSR count). The fourth-order valence-corrected chi connectivity index (χ4v) is 2.74. The van der Waals surface area contributed by atoms with E-state index in [1.165, 1.54) is 30.1 Å². The molecule has 0 bridgehead atoms. The molecule has 18 heavy (non-hydrogen) atoms. The molecule has 1 heterocycles. The number of halogens is 2. The van der Waals surface area contributed by atoms with E-state index < -0.39 is 0 Å². The number of phenols is 1. The number of aromatic hydroxyl groups is 1. The average molecular weight is 321 g/mol. The van der Waals surface area contributed by atoms with Crippen LogP contribution < -0.4 is 0 Å². The topological polar surface area (TPSA) is 52.9 Å². The van der Waals surface area contributed by atoms with Crippen LogP contribution in [-0.2, 0) is 4.79 Å². The van der Waals surface area contributed by atoms with Gasteiger partial charge in [0.15, 0.2) is 4.32 Å². The maximum Gasteiger partial charge on any atom is 0.259 e. The normalized spacial score (nSPS) is 16.0. The maximum atomic E-state index is 11.4. The summed E-state index contributed by atoms with van der Waals surface area (Å²) in [4.78, 5) is 11.4. The van der Waals surface area contributed by atoms with E-state index >= 15 is 0 Å². The molecule has 4 nitrogen and oxygen atoms in total. The zero-order chi connectivity index (χ0) is 13.3. The van der Waals surface area contributed by atoms with Crippen molar-refractivity contribution in [1.82, 2.24) is 5.01 Å². The third-order valence-electron chi connectivity index (χ3n) is 2.10. The molecule has 0 saturated carbocycles. The van der Waals surface area contributed by atoms with Crippen molar-refractivity contribution in [2.45, 2.75) is 0 Å². The third kappa shape index (κ3) is 2.77. The smallest absolute Gasteiger partial charge is 0.259 e. The lowest BCUT2D eigenvalue weighted by Crippen LogP contribution is -2.22. The molecule has 0 spiro atoms. The van der Waals surface area contributed by atoms with E-state index in [1.807, 2.05) is 0 Å². The molecule has 0 aromatic heterocycles. The van der Waals surface area contributed by atoms with Crippen LogP contribution in [0.2, 0.25) is 10.0 Å². The SMILES string of the molecule is O=C1CSC(=S)N1/N=C/c1cc(Cl)cc(Cl)c1O. The zero-order valence-electron chi connectivity index (χ0n) is 8.76. The predicted molar refractivity (Wildman–Crippen MR) is 77.6 cm³/mol. The van der Waals surface area contributed by atoms with Gasteiger partial charge in [0.1, 0.15) is 5.75 Å². The number of thiocarbonyl (C=S) groups is 1. The van der Waals surface area contributed by atoms with Crippen LogP contribution in [0.15, 0.2) is 17.2 Å². The van der Waals surface area contributed by atoms with Gasteiger partial charge in [-0.3, -0.25) is 4.79 Å². The van der Waals surface area contributed by atoms with Gasteiger partial charge in [-0.25, -0.2) is 0 Å². The van der Waals surface area contributed by atoms with Gasteiger partial charge in [0.2, 0.25) is 0 Å². The number of carbonyl (C=O) groups excluding carboxylic acids is 1. The van der Waals surface area contributed by atoms with Crippen molar-refractivity contribution in [2.75, 3.05) is 5.75 Å². The number of rotatable bonds is 2. The number of benzene rings is 1. The Kier molecular flexibility index (Phi) is 4.11. The second-order valence-corrected chi connectivity index (χ2v) is 5.78. The second-order valence-electron chi connectivity index (χ2n) is 3.33. The first-order valence-electron chi connectivity index (χ1n) is 4.70. The number of hydrogen-bond donors (Lipinski definition) is 1. The molecular formula is C10H6Cl2N2O2S2. The first-order chi connectivity index (χ1) is 8.49. The fraction of sp³-hybridized carbons (Fsp3) is 0.100. The summed E-state index contributed by atoms with van der Waals surface area (Å²) < 4.78 is 0.379. The third-order valence-corrected chi connectivity index (χ3v) is 3.94. The fourth-order valence-electron chi connectivity index (χ4n) is 1.26. The Labute approximate surface area is 123 Å². The van der Waals surface area contributed by atoms with E-state index in [1.54, 1.807) is 0 Å². The van der Waals surface area contributed by atoms with Crippen molar-refractivity contribution in [3.63, 3.8) is 0 Å². The molecule has 1 fully saturated rings. The Balaban J connectivity index is 2.29. The number of nitrogens with zero attached hydrogens (tertiary/aromatic N) is 2. The van der Waals surface area contributed by atoms with Crippen molar-refractivity contribution < 1.29 is 9.90 Å². The van der Waals surface area contributed by atoms with Crippen molar-refractivity contribution in [2.24, 2.45) is 5.10 Å². The summed E-state index contributed by atoms with van der Waals surface area (Å²) in [7, 11) is 0. The highest BCUT2D eigenvalue weighted by molar-refractivity contribution is 8.23. The molecule has 1 aliphatic heterocycles. The van der Waals surface area contributed by atoms with E-state index in [0.29, 0.717) is 14.9 Å². The summed E-state index contributed by atoms with van der Waals surface area (Å²) in [5.74, 6) is -0.0674. The monoisotopic (exact) mass is 320 g/mol. The molecule has 0 radical (unpaired) electrons. The highest BCUT2D eigenvalue weighted by Crippen LogP contribution is 2.30. The van der Waals surface area contributed by atoms with Crippen molar-refractivity contribution in [3.8, 4) is 5.75 Å². The number of hydrogen-bond acceptors (Lipinski definition) is 5. The Hall–Kier alpha value is -0.820. The highest BCUT2D eigenvalue weighted by Gasteiger charge is 2.26. The van der Waals surface area contributed by atoms with Crippen LogP contribution in [0, 0.1) is 0 Å². The molecule has 8 heteroatoms. The lowest BCUT2D eigenvalue weighted by atomic mass is 10.2. The van der Waals surface area contributed by atoms with E-state index in [4.69, 9.17) is 35.4 Å². The number of hydrazone groups is 1. The molecular weight excluding hydrogens is 315 g/mol. The zero-order valence-corrected chi connectivity index (χ0v) is 11.9. The van der Waals surface area contributed by atoms with E-state index in [0.717, 1.165) is 5.01 Å². The van der Waals surface area contributed by atoms with Crippen LogP contribution >= 0.6 is 47.2 Å². The minimum absolute atomic E-state index is 0.119. The quantitative estimate of drug-likeness (QED) is 0.672. The Morgan fingerprint density at radius 2 is 2.22 bits per heavy atom. The van der Waals surface area contributed by atoms with Crippen LogP contribution in [0.3, 0.4) is 0 Å². The summed E-state index contributed by atoms with van der Waals surface area (Å²) >= 11 is 17.8. The summed E-state index contributed by atoms with van der Waals surface area (Å²) in [6.45, 7) is 0. The van der Waals surface area contributed by atoms with Gasteiger partial charge >= 0.3 is 0 Å². The van der Waals surface area contributed by atoms with Crippen LogP contribution in [0.25, 0.3) is 0 Å². The largest absolute Gasteiger partial charge is 0.506 e. The minimum atomic E-state index is -0.200. The number of carbonyl (C=O) groups is 1. The highest BCUT2D eigenvalue weighted by atomic mass is 35.5. The molecule has 0 atom stereocenters. The Morgan fingerprint density at radius 1 is 1.50 bits per heavy atom. The van der Waals surface area contributed by atoms with E-state index in [-0.39, 0.29) is 22.4 Å². The lowest BCUT2D eigenvalue weighted by Gasteiger charge is -2.07. The molecule has 1 aromatic rings. The summed E-state index contributed by atoms with van der Waals surface area (Å²) in [6, 6.07) is 2.90. The van der Waals surface area contributed by atoms with Gasteiger partial charge in [0.05, 0.1) is 17.0 Å². The van der Waals surface area contributed by atoms with Gasteiger partial charge in [0, 0.05) is 10.6 Å². The second kappa shape index (κ2) is 5.44. The summed E-state index contributed by atoms with van der Waals surface area (Å²) in [5.41, 5.74) is 0.319. The number of amides is 1. The molecule has 1 saturated heterocycles. The minimum Gasteiger partial charge on any atom is -0.506 e. The van der Waals surface area contributed by atoms with Gasteiger partial charge < -0.3 is 5.11 Å². The average Bonchev–Trinajstić information content (AvgIpc) is 2.62. The Bertz CT molecular complexity index is 547. The number of phenolic OH excluding ortho intramolecular Hbond substituents is 1. The first-order valence-corrected chi connectivity index (χ1v) is 6.85. The van der Waals surface area contributed by atoms with Crippen LogP contribution in [0.4, 0.5) is 0 Å². The Morgan fingerprint density at radius 3 is 2.83 bits per heavy atom. The van der Waals surface area contributed by atoms with Gasteiger partial charge in [-0.15, -0.1) is 0 Å². The van der Waals surface area contributed by atoms with Crippen molar-refractivity contribution >= 4 is 63.6 Å². The predicted octanol–water partition coefficient (Wildman–Crippen LogP) is 2.89. The summed E-state index contributed by atoms with van der Waals surface area (Å²) in [5, 5.41) is 15.2. The van der Waals surface area contributed by atoms with Crippen molar-refractivity contribution in [1.29, 1.82) is 0 Å². The van der Waals surface area contributed by atoms with Gasteiger partial charge in [-0.1, -0.05) is 47.2 Å². The maximum absolute atomic E-state index is 11.4. The first kappa shape index (κ1) is 13.6. The molecule has 1 aromatic carbocycles. The molecule has 1 aliphatic rings. The molecule has 1 amide bonds. The number of thioether (sulfide) groups is 1. The lowest BCUT2D eigenvalue weighted by molar-refractivity contribution is -0.123. The molecule has 0 unspecified atom stereocenters. The standard InChI is InChI=1S/C10H6Cl2N2O2S2/c11-6-1-5(9(16)7(12)2-6)3-13-14-8(15)4-18-10(14)17/h1-3,16H,4H2/b13-3+. The van der Waals surface area contributed by atoms with Crippen LogP contribution in [-0.4, -0.2) is 32.3 Å².